The number of anilines is 1. The molecule has 3 aromatic rings. The zero-order valence-corrected chi connectivity index (χ0v) is 26.3. The van der Waals surface area contributed by atoms with Gasteiger partial charge in [0, 0.05) is 17.6 Å². The maximum atomic E-state index is 14.3. The number of carbonyl (C=O) groups is 2. The van der Waals surface area contributed by atoms with E-state index in [1.807, 2.05) is 45.9 Å². The Kier molecular flexibility index (Phi) is 10.3. The molecule has 0 aromatic heterocycles. The van der Waals surface area contributed by atoms with Crippen molar-refractivity contribution in [3.8, 4) is 0 Å². The van der Waals surface area contributed by atoms with Gasteiger partial charge in [-0.25, -0.2) is 8.42 Å². The largest absolute Gasteiger partial charge is 0.352 e. The van der Waals surface area contributed by atoms with Crippen molar-refractivity contribution in [3.63, 3.8) is 0 Å². The van der Waals surface area contributed by atoms with E-state index in [4.69, 9.17) is 11.6 Å². The van der Waals surface area contributed by atoms with E-state index in [9.17, 15) is 18.0 Å². The molecule has 0 bridgehead atoms. The molecule has 42 heavy (non-hydrogen) atoms. The second-order valence-corrected chi connectivity index (χ2v) is 13.3. The molecule has 7 nitrogen and oxygen atoms in total. The number of hydrogen-bond acceptors (Lipinski definition) is 4. The average molecular weight is 610 g/mol. The fourth-order valence-electron chi connectivity index (χ4n) is 5.45. The monoisotopic (exact) mass is 609 g/mol. The van der Waals surface area contributed by atoms with Gasteiger partial charge in [0.15, 0.2) is 0 Å². The standard InChI is InChI=1S/C33H40ClN3O4S/c1-5-30(33(39)35-27-13-7-8-14-27)36(21-26-12-6-9-15-29(26)34)32(38)22-37(31-16-10-11-24(3)25(31)4)42(40,41)28-19-17-23(2)18-20-28/h6,9-12,15-20,27,30H,5,7-8,13-14,21-22H2,1-4H3,(H,35,39). The summed E-state index contributed by atoms with van der Waals surface area (Å²) in [4.78, 5) is 29.5. The fraction of sp³-hybridized carbons (Fsp3) is 0.394. The van der Waals surface area contributed by atoms with Crippen LogP contribution in [0.2, 0.25) is 5.02 Å². The summed E-state index contributed by atoms with van der Waals surface area (Å²) in [7, 11) is -4.13. The first kappa shape index (κ1) is 31.6. The summed E-state index contributed by atoms with van der Waals surface area (Å²) >= 11 is 6.50. The first-order valence-electron chi connectivity index (χ1n) is 14.5. The molecule has 2 amide bonds. The van der Waals surface area contributed by atoms with E-state index in [0.29, 0.717) is 22.7 Å². The maximum absolute atomic E-state index is 14.3. The number of hydrogen-bond donors (Lipinski definition) is 1. The first-order chi connectivity index (χ1) is 20.0. The molecular weight excluding hydrogens is 570 g/mol. The van der Waals surface area contributed by atoms with Crippen LogP contribution in [0, 0.1) is 20.8 Å². The molecular formula is C33H40ClN3O4S. The van der Waals surface area contributed by atoms with Gasteiger partial charge in [0.25, 0.3) is 10.0 Å². The average Bonchev–Trinajstić information content (AvgIpc) is 3.47. The van der Waals surface area contributed by atoms with Crippen LogP contribution in [0.1, 0.15) is 61.3 Å². The molecule has 0 spiro atoms. The predicted octanol–water partition coefficient (Wildman–Crippen LogP) is 6.33. The van der Waals surface area contributed by atoms with Crippen LogP contribution in [0.5, 0.6) is 0 Å². The third-order valence-corrected chi connectivity index (χ3v) is 10.3. The Hall–Kier alpha value is -3.36. The van der Waals surface area contributed by atoms with Crippen LogP contribution in [-0.2, 0) is 26.2 Å². The summed E-state index contributed by atoms with van der Waals surface area (Å²) in [5, 5.41) is 3.60. The number of nitrogens with one attached hydrogen (secondary N) is 1. The molecule has 0 aliphatic heterocycles. The number of sulfonamides is 1. The van der Waals surface area contributed by atoms with Crippen molar-refractivity contribution in [1.29, 1.82) is 0 Å². The SMILES string of the molecule is CCC(C(=O)NC1CCCC1)N(Cc1ccccc1Cl)C(=O)CN(c1cccc(C)c1C)S(=O)(=O)c1ccc(C)cc1. The van der Waals surface area contributed by atoms with Crippen molar-refractivity contribution >= 4 is 39.1 Å². The predicted molar refractivity (Wildman–Crippen MR) is 168 cm³/mol. The lowest BCUT2D eigenvalue weighted by Gasteiger charge is -2.34. The Balaban J connectivity index is 1.75. The third kappa shape index (κ3) is 7.16. The summed E-state index contributed by atoms with van der Waals surface area (Å²) in [5.41, 5.74) is 3.68. The van der Waals surface area contributed by atoms with Gasteiger partial charge in [0.2, 0.25) is 11.8 Å². The number of amides is 2. The fourth-order valence-corrected chi connectivity index (χ4v) is 7.12. The van der Waals surface area contributed by atoms with Gasteiger partial charge in [0.05, 0.1) is 10.6 Å². The lowest BCUT2D eigenvalue weighted by atomic mass is 10.1. The molecule has 3 aromatic carbocycles. The first-order valence-corrected chi connectivity index (χ1v) is 16.3. The van der Waals surface area contributed by atoms with Gasteiger partial charge >= 0.3 is 0 Å². The highest BCUT2D eigenvalue weighted by Crippen LogP contribution is 2.30. The van der Waals surface area contributed by atoms with E-state index in [1.165, 1.54) is 9.21 Å². The molecule has 1 saturated carbocycles. The van der Waals surface area contributed by atoms with Gasteiger partial charge in [-0.2, -0.15) is 0 Å². The van der Waals surface area contributed by atoms with E-state index in [2.05, 4.69) is 5.32 Å². The van der Waals surface area contributed by atoms with E-state index in [-0.39, 0.29) is 23.4 Å². The zero-order valence-electron chi connectivity index (χ0n) is 24.8. The van der Waals surface area contributed by atoms with E-state index >= 15 is 0 Å². The number of rotatable bonds is 11. The Morgan fingerprint density at radius 2 is 1.62 bits per heavy atom. The molecule has 1 N–H and O–H groups in total. The molecule has 4 rings (SSSR count). The van der Waals surface area contributed by atoms with Crippen molar-refractivity contribution < 1.29 is 18.0 Å². The molecule has 1 aliphatic rings. The molecule has 224 valence electrons. The van der Waals surface area contributed by atoms with Gasteiger partial charge in [-0.15, -0.1) is 0 Å². The maximum Gasteiger partial charge on any atom is 0.264 e. The third-order valence-electron chi connectivity index (χ3n) is 8.12. The van der Waals surface area contributed by atoms with Gasteiger partial charge in [-0.05, 0) is 81.0 Å². The van der Waals surface area contributed by atoms with Gasteiger partial charge in [-0.1, -0.05) is 79.4 Å². The van der Waals surface area contributed by atoms with Crippen molar-refractivity contribution in [2.45, 2.75) is 83.3 Å². The molecule has 1 atom stereocenters. The molecule has 1 unspecified atom stereocenters. The lowest BCUT2D eigenvalue weighted by Crippen LogP contribution is -2.53. The summed E-state index contributed by atoms with van der Waals surface area (Å²) in [6.07, 6.45) is 4.31. The second kappa shape index (κ2) is 13.7. The molecule has 1 fully saturated rings. The van der Waals surface area contributed by atoms with Gasteiger partial charge < -0.3 is 10.2 Å². The summed E-state index contributed by atoms with van der Waals surface area (Å²) in [5.74, 6) is -0.718. The smallest absolute Gasteiger partial charge is 0.264 e. The minimum Gasteiger partial charge on any atom is -0.352 e. The van der Waals surface area contributed by atoms with Crippen LogP contribution in [-0.4, -0.2) is 43.8 Å². The van der Waals surface area contributed by atoms with Crippen LogP contribution < -0.4 is 9.62 Å². The topological polar surface area (TPSA) is 86.8 Å². The minimum absolute atomic E-state index is 0.0698. The Morgan fingerprint density at radius 3 is 2.26 bits per heavy atom. The molecule has 1 aliphatic carbocycles. The molecule has 9 heteroatoms. The van der Waals surface area contributed by atoms with E-state index in [1.54, 1.807) is 48.5 Å². The quantitative estimate of drug-likeness (QED) is 0.275. The van der Waals surface area contributed by atoms with E-state index in [0.717, 1.165) is 42.4 Å². The summed E-state index contributed by atoms with van der Waals surface area (Å²) in [6, 6.07) is 18.5. The van der Waals surface area contributed by atoms with E-state index < -0.39 is 28.5 Å². The highest BCUT2D eigenvalue weighted by molar-refractivity contribution is 7.92. The summed E-state index contributed by atoms with van der Waals surface area (Å²) < 4.78 is 29.4. The molecule has 0 radical (unpaired) electrons. The normalized spacial score (nSPS) is 14.4. The Bertz CT molecular complexity index is 1520. The van der Waals surface area contributed by atoms with Gasteiger partial charge in [-0.3, -0.25) is 13.9 Å². The minimum atomic E-state index is -4.13. The van der Waals surface area contributed by atoms with Crippen molar-refractivity contribution in [3.05, 3.63) is 94.0 Å². The number of halogens is 1. The number of aryl methyl sites for hydroxylation is 2. The van der Waals surface area contributed by atoms with Crippen LogP contribution in [0.4, 0.5) is 5.69 Å². The number of nitrogens with zero attached hydrogens (tertiary/aromatic N) is 2. The second-order valence-electron chi connectivity index (χ2n) is 11.1. The van der Waals surface area contributed by atoms with Crippen molar-refractivity contribution in [2.75, 3.05) is 10.8 Å². The highest BCUT2D eigenvalue weighted by Gasteiger charge is 2.35. The van der Waals surface area contributed by atoms with Crippen LogP contribution in [0.15, 0.2) is 71.6 Å². The zero-order chi connectivity index (χ0) is 30.4. The Labute approximate surface area is 254 Å². The lowest BCUT2D eigenvalue weighted by molar-refractivity contribution is -0.140. The molecule has 0 saturated heterocycles. The number of carbonyl (C=O) groups excluding carboxylic acids is 2. The van der Waals surface area contributed by atoms with Crippen molar-refractivity contribution in [1.82, 2.24) is 10.2 Å². The highest BCUT2D eigenvalue weighted by atomic mass is 35.5. The summed E-state index contributed by atoms with van der Waals surface area (Å²) in [6.45, 7) is 7.09. The van der Waals surface area contributed by atoms with Crippen molar-refractivity contribution in [2.24, 2.45) is 0 Å². The Morgan fingerprint density at radius 1 is 0.952 bits per heavy atom. The molecule has 0 heterocycles. The van der Waals surface area contributed by atoms with Crippen LogP contribution >= 0.6 is 11.6 Å². The van der Waals surface area contributed by atoms with Crippen LogP contribution in [0.3, 0.4) is 0 Å². The van der Waals surface area contributed by atoms with Gasteiger partial charge in [0.1, 0.15) is 12.6 Å². The van der Waals surface area contributed by atoms with Crippen LogP contribution in [0.25, 0.3) is 0 Å². The number of benzene rings is 3.